The number of halogens is 1. The Labute approximate surface area is 150 Å². The third-order valence-corrected chi connectivity index (χ3v) is 6.45. The molecule has 132 valence electrons. The minimum absolute atomic E-state index is 0. The van der Waals surface area contributed by atoms with Gasteiger partial charge < -0.3 is 10.6 Å². The Morgan fingerprint density at radius 2 is 2.12 bits per heavy atom. The van der Waals surface area contributed by atoms with E-state index in [0.29, 0.717) is 29.5 Å². The molecule has 4 nitrogen and oxygen atoms in total. The van der Waals surface area contributed by atoms with Crippen molar-refractivity contribution in [2.75, 3.05) is 13.1 Å². The molecule has 2 unspecified atom stereocenters. The molecule has 1 heterocycles. The first-order chi connectivity index (χ1) is 10.7. The molecule has 2 aliphatic carbocycles. The Balaban J connectivity index is 0.00000104. The number of rotatable bonds is 2. The van der Waals surface area contributed by atoms with Crippen LogP contribution in [0.4, 0.5) is 0 Å². The van der Waals surface area contributed by atoms with E-state index in [0.717, 1.165) is 19.5 Å². The van der Waals surface area contributed by atoms with Gasteiger partial charge in [-0.15, -0.1) is 12.4 Å². The summed E-state index contributed by atoms with van der Waals surface area (Å²) in [5.41, 5.74) is 3.16. The molecule has 1 aliphatic heterocycles. The van der Waals surface area contributed by atoms with Gasteiger partial charge in [-0.05, 0) is 61.4 Å². The van der Waals surface area contributed by atoms with Gasteiger partial charge in [-0.25, -0.2) is 0 Å². The summed E-state index contributed by atoms with van der Waals surface area (Å²) in [4.78, 5) is 2.58. The van der Waals surface area contributed by atoms with Gasteiger partial charge in [-0.3, -0.25) is 4.90 Å². The number of piperidine rings is 1. The zero-order valence-electron chi connectivity index (χ0n) is 14.0. The lowest BCUT2D eigenvalue weighted by Gasteiger charge is -2.59. The average Bonchev–Trinajstić information content (AvgIpc) is 2.55. The van der Waals surface area contributed by atoms with Crippen molar-refractivity contribution in [1.29, 1.82) is 5.26 Å². The number of phenols is 1. The number of nitriles is 1. The number of fused-ring (bicyclic) bond motifs is 1. The van der Waals surface area contributed by atoms with Crippen LogP contribution in [0.3, 0.4) is 0 Å². The van der Waals surface area contributed by atoms with Crippen molar-refractivity contribution in [3.05, 3.63) is 29.3 Å². The fourth-order valence-corrected chi connectivity index (χ4v) is 5.54. The second-order valence-corrected chi connectivity index (χ2v) is 7.32. The summed E-state index contributed by atoms with van der Waals surface area (Å²) in [7, 11) is 0. The van der Waals surface area contributed by atoms with Gasteiger partial charge in [0.15, 0.2) is 0 Å². The first kappa shape index (κ1) is 19.1. The normalized spacial score (nSPS) is 30.8. The van der Waals surface area contributed by atoms with Crippen molar-refractivity contribution >= 4 is 12.4 Å². The van der Waals surface area contributed by atoms with Gasteiger partial charge in [-0.1, -0.05) is 18.9 Å². The lowest BCUT2D eigenvalue weighted by Crippen LogP contribution is -2.60. The highest BCUT2D eigenvalue weighted by Crippen LogP contribution is 2.56. The van der Waals surface area contributed by atoms with Gasteiger partial charge >= 0.3 is 0 Å². The maximum absolute atomic E-state index is 9.99. The Bertz CT molecular complexity index is 630. The van der Waals surface area contributed by atoms with Gasteiger partial charge in [0, 0.05) is 24.4 Å². The van der Waals surface area contributed by atoms with E-state index in [1.165, 1.54) is 43.2 Å². The second kappa shape index (κ2) is 7.31. The summed E-state index contributed by atoms with van der Waals surface area (Å²) in [6, 6.07) is 8.94. The molecule has 5 heteroatoms. The van der Waals surface area contributed by atoms with Crippen LogP contribution in [0.2, 0.25) is 0 Å². The third kappa shape index (κ3) is 2.79. The lowest BCUT2D eigenvalue weighted by molar-refractivity contribution is -0.0101. The van der Waals surface area contributed by atoms with Gasteiger partial charge in [-0.2, -0.15) is 5.26 Å². The van der Waals surface area contributed by atoms with Crippen molar-refractivity contribution in [3.63, 3.8) is 0 Å². The summed E-state index contributed by atoms with van der Waals surface area (Å²) in [6.07, 6.45) is 8.15. The number of phenolic OH excluding ortho intramolecular Hbond substituents is 1. The Hall–Kier alpha value is -1.28. The number of likely N-dealkylation sites (tertiary alicyclic amines) is 1. The lowest BCUT2D eigenvalue weighted by atomic mass is 9.52. The van der Waals surface area contributed by atoms with Gasteiger partial charge in [0.1, 0.15) is 5.75 Å². The van der Waals surface area contributed by atoms with Crippen LogP contribution in [0.5, 0.6) is 5.75 Å². The molecule has 0 amide bonds. The smallest absolute Gasteiger partial charge is 0.115 e. The largest absolute Gasteiger partial charge is 0.508 e. The summed E-state index contributed by atoms with van der Waals surface area (Å²) < 4.78 is 0. The van der Waals surface area contributed by atoms with Crippen molar-refractivity contribution in [2.24, 2.45) is 5.92 Å². The predicted octanol–water partition coefficient (Wildman–Crippen LogP) is 2.96. The predicted molar refractivity (Wildman–Crippen MR) is 96.5 cm³/mol. The molecular formula is C19H27ClN2O2. The molecule has 1 aromatic rings. The van der Waals surface area contributed by atoms with E-state index in [1.807, 2.05) is 6.07 Å². The monoisotopic (exact) mass is 350 g/mol. The maximum atomic E-state index is 9.99. The van der Waals surface area contributed by atoms with Gasteiger partial charge in [0.25, 0.3) is 0 Å². The number of nitrogens with zero attached hydrogens (tertiary/aromatic N) is 2. The highest BCUT2D eigenvalue weighted by molar-refractivity contribution is 5.85. The maximum Gasteiger partial charge on any atom is 0.115 e. The van der Waals surface area contributed by atoms with Crippen LogP contribution in [0, 0.1) is 17.2 Å². The van der Waals surface area contributed by atoms with Gasteiger partial charge in [0.2, 0.25) is 0 Å². The first-order valence-electron chi connectivity index (χ1n) is 8.68. The Morgan fingerprint density at radius 3 is 2.92 bits per heavy atom. The minimum atomic E-state index is 0. The number of hydrogen-bond acceptors (Lipinski definition) is 3. The standard InChI is InChI=1S/C19H24N2O.ClH.H2O/c20-9-3-10-21-11-8-19-7-2-1-4-16(19)18(21)12-14-5-6-15(22)13-17(14)19;;/h5-6,13,16,18,22H,1-4,7-8,10-12H2;1H;1H2/t16?,18?,19-;;/m1../s1. The van der Waals surface area contributed by atoms with E-state index >= 15 is 0 Å². The molecule has 1 saturated heterocycles. The summed E-state index contributed by atoms with van der Waals surface area (Å²) >= 11 is 0. The van der Waals surface area contributed by atoms with E-state index in [2.05, 4.69) is 23.1 Å². The van der Waals surface area contributed by atoms with Crippen molar-refractivity contribution in [1.82, 2.24) is 4.90 Å². The van der Waals surface area contributed by atoms with Crippen LogP contribution in [-0.2, 0) is 11.8 Å². The quantitative estimate of drug-likeness (QED) is 0.890. The van der Waals surface area contributed by atoms with Crippen LogP contribution in [0.1, 0.15) is 49.7 Å². The number of aromatic hydroxyl groups is 1. The van der Waals surface area contributed by atoms with Crippen molar-refractivity contribution in [2.45, 2.75) is 56.4 Å². The molecule has 0 radical (unpaired) electrons. The molecule has 3 atom stereocenters. The second-order valence-electron chi connectivity index (χ2n) is 7.32. The highest BCUT2D eigenvalue weighted by atomic mass is 35.5. The average molecular weight is 351 g/mol. The van der Waals surface area contributed by atoms with Crippen molar-refractivity contribution < 1.29 is 10.6 Å². The molecule has 0 spiro atoms. The fourth-order valence-electron chi connectivity index (χ4n) is 5.54. The third-order valence-electron chi connectivity index (χ3n) is 6.45. The van der Waals surface area contributed by atoms with E-state index in [4.69, 9.17) is 5.26 Å². The molecule has 1 aromatic carbocycles. The molecule has 0 aromatic heterocycles. The summed E-state index contributed by atoms with van der Waals surface area (Å²) in [6.45, 7) is 2.03. The van der Waals surface area contributed by atoms with E-state index < -0.39 is 0 Å². The SMILES string of the molecule is Cl.N#CCCN1CC[C@]23CCCCC2C1Cc1ccc(O)cc13.O. The van der Waals surface area contributed by atoms with E-state index in [-0.39, 0.29) is 17.9 Å². The van der Waals surface area contributed by atoms with E-state index in [9.17, 15) is 5.11 Å². The zero-order valence-corrected chi connectivity index (χ0v) is 14.8. The molecule has 3 aliphatic rings. The van der Waals surface area contributed by atoms with Crippen LogP contribution in [-0.4, -0.2) is 34.6 Å². The molecule has 1 saturated carbocycles. The minimum Gasteiger partial charge on any atom is -0.508 e. The van der Waals surface area contributed by atoms with Crippen LogP contribution >= 0.6 is 12.4 Å². The highest BCUT2D eigenvalue weighted by Gasteiger charge is 2.53. The Morgan fingerprint density at radius 1 is 1.29 bits per heavy atom. The number of hydrogen-bond donors (Lipinski definition) is 1. The topological polar surface area (TPSA) is 78.8 Å². The summed E-state index contributed by atoms with van der Waals surface area (Å²) in [5.74, 6) is 1.13. The summed E-state index contributed by atoms with van der Waals surface area (Å²) in [5, 5.41) is 18.9. The molecule has 2 fully saturated rings. The zero-order chi connectivity index (χ0) is 15.2. The molecule has 4 rings (SSSR count). The van der Waals surface area contributed by atoms with Crippen molar-refractivity contribution in [3.8, 4) is 11.8 Å². The van der Waals surface area contributed by atoms with Crippen LogP contribution in [0.15, 0.2) is 18.2 Å². The molecular weight excluding hydrogens is 324 g/mol. The molecule has 24 heavy (non-hydrogen) atoms. The molecule has 3 N–H and O–H groups in total. The van der Waals surface area contributed by atoms with Crippen LogP contribution in [0.25, 0.3) is 0 Å². The van der Waals surface area contributed by atoms with E-state index in [1.54, 1.807) is 0 Å². The number of benzene rings is 1. The molecule has 2 bridgehead atoms. The van der Waals surface area contributed by atoms with Crippen LogP contribution < -0.4 is 0 Å². The first-order valence-corrected chi connectivity index (χ1v) is 8.68. The Kier molecular flexibility index (Phi) is 5.80. The fraction of sp³-hybridized carbons (Fsp3) is 0.632. The van der Waals surface area contributed by atoms with Gasteiger partial charge in [0.05, 0.1) is 6.07 Å².